The summed E-state index contributed by atoms with van der Waals surface area (Å²) in [6.45, 7) is 2.03. The number of fused-ring (bicyclic) bond motifs is 1. The van der Waals surface area contributed by atoms with Crippen LogP contribution in [-0.4, -0.2) is 17.0 Å². The molecule has 2 rings (SSSR count). The zero-order valence-corrected chi connectivity index (χ0v) is 7.70. The maximum atomic E-state index is 4.31. The Bertz CT molecular complexity index is 437. The van der Waals surface area contributed by atoms with Crippen LogP contribution < -0.4 is 5.32 Å². The second kappa shape index (κ2) is 3.01. The van der Waals surface area contributed by atoms with Crippen molar-refractivity contribution in [3.05, 3.63) is 30.0 Å². The van der Waals surface area contributed by atoms with Gasteiger partial charge in [0.05, 0.1) is 0 Å². The van der Waals surface area contributed by atoms with E-state index in [1.54, 1.807) is 0 Å². The second-order valence-corrected chi connectivity index (χ2v) is 3.01. The SMILES string of the molecule is CNc1ccc2cc(C)cnc2n1. The Balaban J connectivity index is 2.66. The molecule has 1 N–H and O–H groups in total. The highest BCUT2D eigenvalue weighted by Crippen LogP contribution is 2.13. The largest absolute Gasteiger partial charge is 0.373 e. The van der Waals surface area contributed by atoms with Crippen LogP contribution in [0.4, 0.5) is 5.82 Å². The summed E-state index contributed by atoms with van der Waals surface area (Å²) in [5, 5.41) is 4.07. The van der Waals surface area contributed by atoms with Crippen molar-refractivity contribution in [2.45, 2.75) is 6.92 Å². The maximum Gasteiger partial charge on any atom is 0.161 e. The van der Waals surface area contributed by atoms with Crippen molar-refractivity contribution in [1.29, 1.82) is 0 Å². The molecule has 0 atom stereocenters. The summed E-state index contributed by atoms with van der Waals surface area (Å²) in [7, 11) is 1.85. The van der Waals surface area contributed by atoms with Gasteiger partial charge in [-0.15, -0.1) is 0 Å². The van der Waals surface area contributed by atoms with Gasteiger partial charge in [0.1, 0.15) is 5.82 Å². The van der Waals surface area contributed by atoms with Crippen molar-refractivity contribution in [2.24, 2.45) is 0 Å². The first-order valence-corrected chi connectivity index (χ1v) is 4.21. The Kier molecular flexibility index (Phi) is 1.85. The predicted molar refractivity (Wildman–Crippen MR) is 53.8 cm³/mol. The highest BCUT2D eigenvalue weighted by Gasteiger charge is 1.97. The highest BCUT2D eigenvalue weighted by molar-refractivity contribution is 5.76. The van der Waals surface area contributed by atoms with Gasteiger partial charge in [-0.1, -0.05) is 0 Å². The van der Waals surface area contributed by atoms with Crippen LogP contribution in [0.25, 0.3) is 11.0 Å². The Hall–Kier alpha value is -1.64. The van der Waals surface area contributed by atoms with E-state index in [0.29, 0.717) is 0 Å². The van der Waals surface area contributed by atoms with Crippen molar-refractivity contribution in [3.8, 4) is 0 Å². The van der Waals surface area contributed by atoms with Crippen molar-refractivity contribution >= 4 is 16.9 Å². The molecular formula is C10H11N3. The van der Waals surface area contributed by atoms with E-state index < -0.39 is 0 Å². The molecule has 0 saturated heterocycles. The van der Waals surface area contributed by atoms with Crippen LogP contribution in [0.2, 0.25) is 0 Å². The summed E-state index contributed by atoms with van der Waals surface area (Å²) in [5.74, 6) is 0.851. The third-order valence-corrected chi connectivity index (χ3v) is 1.94. The lowest BCUT2D eigenvalue weighted by molar-refractivity contribution is 1.24. The molecule has 13 heavy (non-hydrogen) atoms. The summed E-state index contributed by atoms with van der Waals surface area (Å²) < 4.78 is 0. The average molecular weight is 173 g/mol. The zero-order valence-electron chi connectivity index (χ0n) is 7.70. The molecule has 0 aliphatic carbocycles. The smallest absolute Gasteiger partial charge is 0.161 e. The number of rotatable bonds is 1. The minimum absolute atomic E-state index is 0.789. The Morgan fingerprint density at radius 1 is 1.31 bits per heavy atom. The van der Waals surface area contributed by atoms with E-state index in [1.165, 1.54) is 0 Å². The molecule has 0 aliphatic rings. The first-order chi connectivity index (χ1) is 6.29. The van der Waals surface area contributed by atoms with E-state index >= 15 is 0 Å². The topological polar surface area (TPSA) is 37.8 Å². The highest BCUT2D eigenvalue weighted by atomic mass is 15.0. The minimum atomic E-state index is 0.789. The van der Waals surface area contributed by atoms with Gasteiger partial charge < -0.3 is 5.32 Å². The van der Waals surface area contributed by atoms with Gasteiger partial charge in [0.2, 0.25) is 0 Å². The standard InChI is InChI=1S/C10H11N3/c1-7-5-8-3-4-9(11-2)13-10(8)12-6-7/h3-6H,1-2H3,(H,11,12,13). The van der Waals surface area contributed by atoms with Crippen LogP contribution >= 0.6 is 0 Å². The fraction of sp³-hybridized carbons (Fsp3) is 0.200. The van der Waals surface area contributed by atoms with Crippen molar-refractivity contribution in [2.75, 3.05) is 12.4 Å². The summed E-state index contributed by atoms with van der Waals surface area (Å²) in [6.07, 6.45) is 1.83. The summed E-state index contributed by atoms with van der Waals surface area (Å²) in [4.78, 5) is 8.55. The number of hydrogen-bond donors (Lipinski definition) is 1. The molecule has 2 heterocycles. The second-order valence-electron chi connectivity index (χ2n) is 3.01. The van der Waals surface area contributed by atoms with Gasteiger partial charge in [-0.3, -0.25) is 0 Å². The van der Waals surface area contributed by atoms with Crippen LogP contribution in [0.3, 0.4) is 0 Å². The van der Waals surface area contributed by atoms with Crippen molar-refractivity contribution < 1.29 is 0 Å². The maximum absolute atomic E-state index is 4.31. The Morgan fingerprint density at radius 3 is 2.92 bits per heavy atom. The summed E-state index contributed by atoms with van der Waals surface area (Å²) in [5.41, 5.74) is 1.95. The van der Waals surface area contributed by atoms with Crippen LogP contribution in [0.5, 0.6) is 0 Å². The third-order valence-electron chi connectivity index (χ3n) is 1.94. The molecule has 3 heteroatoms. The summed E-state index contributed by atoms with van der Waals surface area (Å²) >= 11 is 0. The van der Waals surface area contributed by atoms with Gasteiger partial charge in [-0.2, -0.15) is 0 Å². The number of anilines is 1. The molecule has 3 nitrogen and oxygen atoms in total. The molecule has 0 radical (unpaired) electrons. The molecule has 0 aromatic carbocycles. The number of nitrogens with zero attached hydrogens (tertiary/aromatic N) is 2. The normalized spacial score (nSPS) is 10.3. The molecule has 0 aliphatic heterocycles. The molecule has 0 spiro atoms. The van der Waals surface area contributed by atoms with Crippen LogP contribution in [0.1, 0.15) is 5.56 Å². The molecule has 0 amide bonds. The van der Waals surface area contributed by atoms with Crippen LogP contribution in [-0.2, 0) is 0 Å². The van der Waals surface area contributed by atoms with Crippen LogP contribution in [0.15, 0.2) is 24.4 Å². The Morgan fingerprint density at radius 2 is 2.15 bits per heavy atom. The molecule has 0 fully saturated rings. The van der Waals surface area contributed by atoms with E-state index in [9.17, 15) is 0 Å². The molecule has 66 valence electrons. The number of pyridine rings is 2. The molecule has 2 aromatic rings. The van der Waals surface area contributed by atoms with E-state index in [0.717, 1.165) is 22.4 Å². The number of nitrogens with one attached hydrogen (secondary N) is 1. The molecule has 0 unspecified atom stereocenters. The van der Waals surface area contributed by atoms with Gasteiger partial charge in [-0.25, -0.2) is 9.97 Å². The third kappa shape index (κ3) is 1.45. The number of aryl methyl sites for hydroxylation is 1. The van der Waals surface area contributed by atoms with E-state index in [4.69, 9.17) is 0 Å². The lowest BCUT2D eigenvalue weighted by Gasteiger charge is -2.01. The van der Waals surface area contributed by atoms with Gasteiger partial charge in [0.15, 0.2) is 5.65 Å². The van der Waals surface area contributed by atoms with E-state index in [1.807, 2.05) is 32.3 Å². The van der Waals surface area contributed by atoms with Gasteiger partial charge in [0.25, 0.3) is 0 Å². The van der Waals surface area contributed by atoms with Gasteiger partial charge >= 0.3 is 0 Å². The summed E-state index contributed by atoms with van der Waals surface area (Å²) in [6, 6.07) is 6.05. The van der Waals surface area contributed by atoms with E-state index in [2.05, 4.69) is 21.4 Å². The Labute approximate surface area is 76.8 Å². The fourth-order valence-electron chi connectivity index (χ4n) is 1.26. The van der Waals surface area contributed by atoms with Gasteiger partial charge in [0, 0.05) is 18.6 Å². The number of aromatic nitrogens is 2. The lowest BCUT2D eigenvalue weighted by Crippen LogP contribution is -1.93. The molecule has 0 bridgehead atoms. The zero-order chi connectivity index (χ0) is 9.26. The lowest BCUT2D eigenvalue weighted by atomic mass is 10.2. The molecule has 2 aromatic heterocycles. The number of hydrogen-bond acceptors (Lipinski definition) is 3. The van der Waals surface area contributed by atoms with E-state index in [-0.39, 0.29) is 0 Å². The van der Waals surface area contributed by atoms with Crippen LogP contribution in [0, 0.1) is 6.92 Å². The van der Waals surface area contributed by atoms with Crippen molar-refractivity contribution in [3.63, 3.8) is 0 Å². The minimum Gasteiger partial charge on any atom is -0.373 e. The first-order valence-electron chi connectivity index (χ1n) is 4.21. The predicted octanol–water partition coefficient (Wildman–Crippen LogP) is 1.98. The quantitative estimate of drug-likeness (QED) is 0.716. The molecule has 0 saturated carbocycles. The monoisotopic (exact) mass is 173 g/mol. The molecular weight excluding hydrogens is 162 g/mol. The fourth-order valence-corrected chi connectivity index (χ4v) is 1.26. The average Bonchev–Trinajstić information content (AvgIpc) is 2.17. The van der Waals surface area contributed by atoms with Crippen molar-refractivity contribution in [1.82, 2.24) is 9.97 Å². The first kappa shape index (κ1) is 7.98. The van der Waals surface area contributed by atoms with Gasteiger partial charge in [-0.05, 0) is 30.7 Å².